The van der Waals surface area contributed by atoms with E-state index in [0.717, 1.165) is 28.8 Å². The lowest BCUT2D eigenvalue weighted by molar-refractivity contribution is 0.587. The van der Waals surface area contributed by atoms with E-state index in [0.29, 0.717) is 11.3 Å². The van der Waals surface area contributed by atoms with Gasteiger partial charge in [0.1, 0.15) is 17.7 Å². The van der Waals surface area contributed by atoms with Crippen LogP contribution in [0, 0.1) is 23.0 Å². The third-order valence-electron chi connectivity index (χ3n) is 2.91. The quantitative estimate of drug-likeness (QED) is 0.823. The van der Waals surface area contributed by atoms with E-state index in [1.807, 2.05) is 19.1 Å². The zero-order valence-electron chi connectivity index (χ0n) is 11.5. The number of anilines is 1. The Balaban J connectivity index is 2.22. The predicted molar refractivity (Wildman–Crippen MR) is 81.2 cm³/mol. The van der Waals surface area contributed by atoms with E-state index in [1.165, 1.54) is 0 Å². The van der Waals surface area contributed by atoms with E-state index in [2.05, 4.69) is 11.4 Å². The second-order valence-corrected chi connectivity index (χ2v) is 5.62. The van der Waals surface area contributed by atoms with E-state index in [1.54, 1.807) is 17.8 Å². The van der Waals surface area contributed by atoms with Crippen LogP contribution in [-0.2, 0) is 6.54 Å². The maximum Gasteiger partial charge on any atom is 0.128 e. The highest BCUT2D eigenvalue weighted by molar-refractivity contribution is 7.99. The van der Waals surface area contributed by atoms with E-state index in [9.17, 15) is 14.0 Å². The minimum Gasteiger partial charge on any atom is -0.380 e. The molecule has 2 nitrogen and oxygen atoms in total. The van der Waals surface area contributed by atoms with Crippen molar-refractivity contribution >= 4 is 17.4 Å². The number of nitrogens with one attached hydrogen (secondary N) is 1. The van der Waals surface area contributed by atoms with E-state index in [4.69, 9.17) is 0 Å². The lowest BCUT2D eigenvalue weighted by atomic mass is 10.1. The summed E-state index contributed by atoms with van der Waals surface area (Å²) in [5, 5.41) is 12.3. The molecular formula is C16H14F2N2S. The van der Waals surface area contributed by atoms with Gasteiger partial charge in [0.25, 0.3) is 0 Å². The number of rotatable bonds is 5. The summed E-state index contributed by atoms with van der Waals surface area (Å²) in [4.78, 5) is 0.879. The average molecular weight is 304 g/mol. The maximum absolute atomic E-state index is 13.6. The second kappa shape index (κ2) is 7.09. The first kappa shape index (κ1) is 15.3. The summed E-state index contributed by atoms with van der Waals surface area (Å²) in [6.45, 7) is 2.13. The number of halogens is 2. The van der Waals surface area contributed by atoms with E-state index in [-0.39, 0.29) is 12.1 Å². The molecule has 2 rings (SSSR count). The monoisotopic (exact) mass is 304 g/mol. The first-order valence-electron chi connectivity index (χ1n) is 6.49. The van der Waals surface area contributed by atoms with Gasteiger partial charge in [-0.1, -0.05) is 13.0 Å². The molecular weight excluding hydrogens is 290 g/mol. The van der Waals surface area contributed by atoms with Crippen LogP contribution in [0.15, 0.2) is 41.3 Å². The molecule has 1 N–H and O–H groups in total. The Morgan fingerprint density at radius 1 is 1.24 bits per heavy atom. The van der Waals surface area contributed by atoms with Crippen LogP contribution < -0.4 is 5.32 Å². The highest BCUT2D eigenvalue weighted by Gasteiger charge is 2.09. The summed E-state index contributed by atoms with van der Waals surface area (Å²) in [7, 11) is 0. The van der Waals surface area contributed by atoms with Crippen molar-refractivity contribution in [2.24, 2.45) is 0 Å². The average Bonchev–Trinajstić information content (AvgIpc) is 2.48. The van der Waals surface area contributed by atoms with Gasteiger partial charge < -0.3 is 5.32 Å². The van der Waals surface area contributed by atoms with Gasteiger partial charge in [-0.15, -0.1) is 11.8 Å². The third-order valence-corrected chi connectivity index (χ3v) is 3.85. The minimum absolute atomic E-state index is 0.124. The van der Waals surface area contributed by atoms with E-state index < -0.39 is 11.6 Å². The van der Waals surface area contributed by atoms with Crippen LogP contribution in [0.1, 0.15) is 18.1 Å². The third kappa shape index (κ3) is 3.73. The number of thioether (sulfide) groups is 1. The Hall–Kier alpha value is -2.06. The van der Waals surface area contributed by atoms with Crippen LogP contribution in [0.25, 0.3) is 0 Å². The van der Waals surface area contributed by atoms with Gasteiger partial charge in [-0.2, -0.15) is 5.26 Å². The van der Waals surface area contributed by atoms with Crippen LogP contribution in [0.3, 0.4) is 0 Å². The molecule has 0 aliphatic rings. The lowest BCUT2D eigenvalue weighted by Gasteiger charge is -2.11. The molecule has 2 aromatic carbocycles. The van der Waals surface area contributed by atoms with Gasteiger partial charge in [0.05, 0.1) is 11.3 Å². The van der Waals surface area contributed by atoms with Crippen molar-refractivity contribution in [3.05, 3.63) is 59.2 Å². The Labute approximate surface area is 126 Å². The summed E-state index contributed by atoms with van der Waals surface area (Å²) in [6, 6.07) is 11.0. The second-order valence-electron chi connectivity index (χ2n) is 4.31. The Morgan fingerprint density at radius 2 is 2.05 bits per heavy atom. The summed E-state index contributed by atoms with van der Waals surface area (Å²) in [6.07, 6.45) is 0. The fourth-order valence-electron chi connectivity index (χ4n) is 1.94. The van der Waals surface area contributed by atoms with Gasteiger partial charge in [-0.25, -0.2) is 8.78 Å². The minimum atomic E-state index is -0.482. The fourth-order valence-corrected chi connectivity index (χ4v) is 2.72. The molecule has 0 aliphatic heterocycles. The van der Waals surface area contributed by atoms with Crippen LogP contribution in [-0.4, -0.2) is 5.75 Å². The first-order chi connectivity index (χ1) is 10.2. The van der Waals surface area contributed by atoms with Crippen molar-refractivity contribution in [3.63, 3.8) is 0 Å². The molecule has 0 radical (unpaired) electrons. The molecule has 0 saturated carbocycles. The molecule has 0 aromatic heterocycles. The molecule has 0 atom stereocenters. The number of benzene rings is 2. The molecule has 0 saturated heterocycles. The molecule has 0 unspecified atom stereocenters. The summed E-state index contributed by atoms with van der Waals surface area (Å²) < 4.78 is 26.7. The molecule has 0 amide bonds. The zero-order valence-corrected chi connectivity index (χ0v) is 12.3. The van der Waals surface area contributed by atoms with Crippen molar-refractivity contribution in [3.8, 4) is 6.07 Å². The molecule has 0 bridgehead atoms. The molecule has 0 spiro atoms. The normalized spacial score (nSPS) is 10.2. The summed E-state index contributed by atoms with van der Waals surface area (Å²) in [5.41, 5.74) is 1.38. The molecule has 5 heteroatoms. The molecule has 0 aliphatic carbocycles. The predicted octanol–water partition coefficient (Wildman–Crippen LogP) is 4.56. The van der Waals surface area contributed by atoms with Crippen molar-refractivity contribution in [2.75, 3.05) is 11.1 Å². The van der Waals surface area contributed by atoms with Crippen molar-refractivity contribution < 1.29 is 8.78 Å². The van der Waals surface area contributed by atoms with Crippen LogP contribution >= 0.6 is 11.8 Å². The highest BCUT2D eigenvalue weighted by Crippen LogP contribution is 2.28. The first-order valence-corrected chi connectivity index (χ1v) is 7.48. The van der Waals surface area contributed by atoms with Gasteiger partial charge in [0, 0.05) is 17.0 Å². The lowest BCUT2D eigenvalue weighted by Crippen LogP contribution is -2.04. The number of hydrogen-bond acceptors (Lipinski definition) is 3. The fraction of sp³-hybridized carbons (Fsp3) is 0.188. The van der Waals surface area contributed by atoms with Crippen LogP contribution in [0.2, 0.25) is 0 Å². The standard InChI is InChI=1S/C16H14F2N2S/c1-2-21-16-5-3-4-15(13(16)9-19)20-10-11-8-12(17)6-7-14(11)18/h3-8,20H,2,10H2,1H3. The van der Waals surface area contributed by atoms with E-state index >= 15 is 0 Å². The SMILES string of the molecule is CCSc1cccc(NCc2cc(F)ccc2F)c1C#N. The summed E-state index contributed by atoms with van der Waals surface area (Å²) >= 11 is 1.57. The highest BCUT2D eigenvalue weighted by atomic mass is 32.2. The van der Waals surface area contributed by atoms with Gasteiger partial charge >= 0.3 is 0 Å². The van der Waals surface area contributed by atoms with Gasteiger partial charge in [0.2, 0.25) is 0 Å². The largest absolute Gasteiger partial charge is 0.380 e. The Kier molecular flexibility index (Phi) is 5.18. The molecule has 0 heterocycles. The van der Waals surface area contributed by atoms with Crippen molar-refractivity contribution in [2.45, 2.75) is 18.4 Å². The zero-order chi connectivity index (χ0) is 15.2. The molecule has 0 fully saturated rings. The van der Waals surface area contributed by atoms with Gasteiger partial charge in [-0.3, -0.25) is 0 Å². The summed E-state index contributed by atoms with van der Waals surface area (Å²) in [5.74, 6) is -0.0955. The van der Waals surface area contributed by atoms with Gasteiger partial charge in [0.15, 0.2) is 0 Å². The molecule has 2 aromatic rings. The molecule has 108 valence electrons. The van der Waals surface area contributed by atoms with Crippen molar-refractivity contribution in [1.29, 1.82) is 5.26 Å². The molecule has 21 heavy (non-hydrogen) atoms. The number of hydrogen-bond donors (Lipinski definition) is 1. The number of nitrogens with zero attached hydrogens (tertiary/aromatic N) is 1. The van der Waals surface area contributed by atoms with Crippen LogP contribution in [0.4, 0.5) is 14.5 Å². The topological polar surface area (TPSA) is 35.8 Å². The number of nitriles is 1. The Morgan fingerprint density at radius 3 is 2.76 bits per heavy atom. The maximum atomic E-state index is 13.6. The van der Waals surface area contributed by atoms with Gasteiger partial charge in [-0.05, 0) is 36.1 Å². The smallest absolute Gasteiger partial charge is 0.128 e. The Bertz CT molecular complexity index is 680. The van der Waals surface area contributed by atoms with Crippen LogP contribution in [0.5, 0.6) is 0 Å². The van der Waals surface area contributed by atoms with Crippen molar-refractivity contribution in [1.82, 2.24) is 0 Å².